The Morgan fingerprint density at radius 1 is 0.833 bits per heavy atom. The molecule has 0 bridgehead atoms. The van der Waals surface area contributed by atoms with Crippen LogP contribution < -0.4 is 39.3 Å². The van der Waals surface area contributed by atoms with Gasteiger partial charge in [-0.1, -0.05) is 0 Å². The molecule has 0 rings (SSSR count). The highest BCUT2D eigenvalue weighted by atomic mass is 16.3. The summed E-state index contributed by atoms with van der Waals surface area (Å²) in [4.78, 5) is 42.4. The van der Waals surface area contributed by atoms with Crippen LogP contribution in [0.25, 0.3) is 0 Å². The average Bonchev–Trinajstić information content (AvgIpc) is 2.51. The molecular weight excluding hydrogens is 322 g/mol. The van der Waals surface area contributed by atoms with Crippen molar-refractivity contribution in [2.24, 2.45) is 28.7 Å². The second kappa shape index (κ2) is 14.3. The molecule has 0 unspecified atom stereocenters. The SMILES string of the molecule is NC(=O)[C@@H](N)CC(=O)NCCO.NCCNC(=O)C[C@H](N)C(N)=O. The van der Waals surface area contributed by atoms with Crippen LogP contribution >= 0.6 is 0 Å². The first-order chi connectivity index (χ1) is 11.1. The Balaban J connectivity index is 0. The van der Waals surface area contributed by atoms with Crippen molar-refractivity contribution in [3.63, 3.8) is 0 Å². The monoisotopic (exact) mass is 349 g/mol. The van der Waals surface area contributed by atoms with E-state index in [1.54, 1.807) is 0 Å². The maximum atomic E-state index is 10.9. The van der Waals surface area contributed by atoms with E-state index in [-0.39, 0.29) is 31.9 Å². The van der Waals surface area contributed by atoms with Crippen molar-refractivity contribution >= 4 is 23.6 Å². The number of rotatable bonds is 10. The first kappa shape index (κ1) is 24.0. The number of carbonyl (C=O) groups is 4. The van der Waals surface area contributed by atoms with Gasteiger partial charge in [-0.3, -0.25) is 19.2 Å². The predicted octanol–water partition coefficient (Wildman–Crippen LogP) is -5.44. The second-order valence-corrected chi connectivity index (χ2v) is 4.64. The van der Waals surface area contributed by atoms with Crippen molar-refractivity contribution in [1.82, 2.24) is 10.6 Å². The summed E-state index contributed by atoms with van der Waals surface area (Å²) in [5.41, 5.74) is 25.2. The molecule has 0 spiro atoms. The molecule has 0 aliphatic carbocycles. The number of amides is 4. The van der Waals surface area contributed by atoms with Gasteiger partial charge in [0.05, 0.1) is 31.5 Å². The Morgan fingerprint density at radius 3 is 1.50 bits per heavy atom. The van der Waals surface area contributed by atoms with Crippen LogP contribution in [-0.2, 0) is 19.2 Å². The van der Waals surface area contributed by atoms with Gasteiger partial charge in [-0.2, -0.15) is 0 Å². The van der Waals surface area contributed by atoms with Crippen LogP contribution in [0, 0.1) is 0 Å². The number of nitrogens with one attached hydrogen (secondary N) is 2. The molecule has 0 aliphatic rings. The number of aliphatic hydroxyl groups excluding tert-OH is 1. The van der Waals surface area contributed by atoms with Crippen LogP contribution in [0.2, 0.25) is 0 Å². The minimum absolute atomic E-state index is 0.0880. The van der Waals surface area contributed by atoms with E-state index in [1.807, 2.05) is 0 Å². The number of carbonyl (C=O) groups excluding carboxylic acids is 4. The van der Waals surface area contributed by atoms with E-state index >= 15 is 0 Å². The zero-order valence-corrected chi connectivity index (χ0v) is 13.4. The fourth-order valence-corrected chi connectivity index (χ4v) is 1.15. The maximum absolute atomic E-state index is 10.9. The summed E-state index contributed by atoms with van der Waals surface area (Å²) < 4.78 is 0. The van der Waals surface area contributed by atoms with Crippen molar-refractivity contribution < 1.29 is 24.3 Å². The van der Waals surface area contributed by atoms with Crippen molar-refractivity contribution in [3.8, 4) is 0 Å². The lowest BCUT2D eigenvalue weighted by Crippen LogP contribution is -2.41. The van der Waals surface area contributed by atoms with Crippen molar-refractivity contribution in [2.75, 3.05) is 26.2 Å². The van der Waals surface area contributed by atoms with Gasteiger partial charge >= 0.3 is 0 Å². The van der Waals surface area contributed by atoms with Gasteiger partial charge in [0, 0.05) is 19.6 Å². The molecular formula is C12H27N7O5. The fourth-order valence-electron chi connectivity index (χ4n) is 1.15. The van der Waals surface area contributed by atoms with Crippen LogP contribution in [0.1, 0.15) is 12.8 Å². The molecule has 12 heteroatoms. The van der Waals surface area contributed by atoms with Gasteiger partial charge in [0.1, 0.15) is 0 Å². The highest BCUT2D eigenvalue weighted by Gasteiger charge is 2.14. The normalized spacial score (nSPS) is 12.2. The molecule has 0 aliphatic heterocycles. The molecule has 0 saturated heterocycles. The maximum Gasteiger partial charge on any atom is 0.234 e. The summed E-state index contributed by atoms with van der Waals surface area (Å²) in [5, 5.41) is 13.1. The third-order valence-corrected chi connectivity index (χ3v) is 2.44. The van der Waals surface area contributed by atoms with Crippen LogP contribution in [0.4, 0.5) is 0 Å². The molecule has 24 heavy (non-hydrogen) atoms. The van der Waals surface area contributed by atoms with Crippen LogP contribution in [0.15, 0.2) is 0 Å². The zero-order valence-electron chi connectivity index (χ0n) is 13.4. The molecule has 0 aromatic rings. The number of hydrogen-bond donors (Lipinski definition) is 8. The lowest BCUT2D eigenvalue weighted by Gasteiger charge is -2.06. The van der Waals surface area contributed by atoms with Gasteiger partial charge in [0.15, 0.2) is 0 Å². The van der Waals surface area contributed by atoms with Crippen LogP contribution in [0.5, 0.6) is 0 Å². The highest BCUT2D eigenvalue weighted by Crippen LogP contribution is 1.86. The molecule has 12 nitrogen and oxygen atoms in total. The average molecular weight is 349 g/mol. The number of nitrogens with two attached hydrogens (primary N) is 5. The Labute approximate surface area is 139 Å². The van der Waals surface area contributed by atoms with Gasteiger partial charge in [-0.15, -0.1) is 0 Å². The first-order valence-electron chi connectivity index (χ1n) is 7.09. The second-order valence-electron chi connectivity index (χ2n) is 4.64. The number of hydrogen-bond acceptors (Lipinski definition) is 8. The molecule has 0 fully saturated rings. The van der Waals surface area contributed by atoms with E-state index in [0.29, 0.717) is 13.1 Å². The summed E-state index contributed by atoms with van der Waals surface area (Å²) in [6.07, 6.45) is -0.231. The van der Waals surface area contributed by atoms with E-state index < -0.39 is 29.8 Å². The molecule has 2 atom stereocenters. The van der Waals surface area contributed by atoms with Crippen molar-refractivity contribution in [3.05, 3.63) is 0 Å². The topological polar surface area (TPSA) is 243 Å². The van der Waals surface area contributed by atoms with Crippen molar-refractivity contribution in [1.29, 1.82) is 0 Å². The molecule has 0 heterocycles. The molecule has 0 aromatic heterocycles. The van der Waals surface area contributed by atoms with Crippen LogP contribution in [0.3, 0.4) is 0 Å². The standard InChI is InChI=1S/C6H14N4O2.C6H13N3O3/c7-1-2-10-5(11)3-4(8)6(9)12;7-4(6(8)12)3-5(11)9-1-2-10/h4H,1-3,7-8H2,(H2,9,12)(H,10,11);4,10H,1-3,7H2,(H2,8,12)(H,9,11)/t2*4-/m00/s1. The van der Waals surface area contributed by atoms with E-state index in [2.05, 4.69) is 10.6 Å². The predicted molar refractivity (Wildman–Crippen MR) is 85.7 cm³/mol. The Hall–Kier alpha value is -2.28. The quantitative estimate of drug-likeness (QED) is 0.188. The zero-order chi connectivity index (χ0) is 19.1. The summed E-state index contributed by atoms with van der Waals surface area (Å²) in [6, 6.07) is -1.87. The van der Waals surface area contributed by atoms with Gasteiger partial charge in [0.25, 0.3) is 0 Å². The molecule has 0 saturated carbocycles. The summed E-state index contributed by atoms with van der Waals surface area (Å²) >= 11 is 0. The molecule has 0 aromatic carbocycles. The van der Waals surface area contributed by atoms with Gasteiger partial charge in [-0.25, -0.2) is 0 Å². The van der Waals surface area contributed by atoms with E-state index in [9.17, 15) is 19.2 Å². The van der Waals surface area contributed by atoms with E-state index in [4.69, 9.17) is 33.8 Å². The minimum atomic E-state index is -0.955. The molecule has 4 amide bonds. The number of primary amides is 2. The smallest absolute Gasteiger partial charge is 0.234 e. The Bertz CT molecular complexity index is 381. The molecule has 13 N–H and O–H groups in total. The van der Waals surface area contributed by atoms with Gasteiger partial charge in [-0.05, 0) is 0 Å². The summed E-state index contributed by atoms with van der Waals surface area (Å²) in [5.74, 6) is -2.10. The lowest BCUT2D eigenvalue weighted by molar-refractivity contribution is -0.126. The van der Waals surface area contributed by atoms with Crippen LogP contribution in [-0.4, -0.2) is 67.1 Å². The third-order valence-electron chi connectivity index (χ3n) is 2.44. The number of aliphatic hydroxyl groups is 1. The lowest BCUT2D eigenvalue weighted by atomic mass is 10.2. The highest BCUT2D eigenvalue weighted by molar-refractivity contribution is 5.87. The van der Waals surface area contributed by atoms with E-state index in [1.165, 1.54) is 0 Å². The van der Waals surface area contributed by atoms with E-state index in [0.717, 1.165) is 0 Å². The third kappa shape index (κ3) is 14.6. The molecule has 0 radical (unpaired) electrons. The van der Waals surface area contributed by atoms with Gasteiger partial charge < -0.3 is 44.4 Å². The fraction of sp³-hybridized carbons (Fsp3) is 0.667. The van der Waals surface area contributed by atoms with Crippen molar-refractivity contribution in [2.45, 2.75) is 24.9 Å². The minimum Gasteiger partial charge on any atom is -0.395 e. The Kier molecular flexibility index (Phi) is 14.3. The van der Waals surface area contributed by atoms with Gasteiger partial charge in [0.2, 0.25) is 23.6 Å². The summed E-state index contributed by atoms with van der Waals surface area (Å²) in [7, 11) is 0. The summed E-state index contributed by atoms with van der Waals surface area (Å²) in [6.45, 7) is 0.754. The molecule has 140 valence electrons. The largest absolute Gasteiger partial charge is 0.395 e. The Morgan fingerprint density at radius 2 is 1.21 bits per heavy atom. The first-order valence-corrected chi connectivity index (χ1v) is 7.09.